The fraction of sp³-hybridized carbons (Fsp3) is 0.160. The summed E-state index contributed by atoms with van der Waals surface area (Å²) in [6.07, 6.45) is 8.61. The Morgan fingerprint density at radius 2 is 0.942 bits per heavy atom. The molecule has 52 heavy (non-hydrogen) atoms. The number of rotatable bonds is 2. The highest BCUT2D eigenvalue weighted by atomic mass is 14.9. The van der Waals surface area contributed by atoms with E-state index in [4.69, 9.17) is 0 Å². The number of benzene rings is 7. The van der Waals surface area contributed by atoms with Crippen LogP contribution < -0.4 is 9.13 Å². The van der Waals surface area contributed by atoms with Gasteiger partial charge in [-0.1, -0.05) is 88.4 Å². The highest BCUT2D eigenvalue weighted by Crippen LogP contribution is 2.59. The maximum atomic E-state index is 2.58. The average molecular weight is 669 g/mol. The minimum Gasteiger partial charge on any atom is -0.208 e. The molecular formula is C50H40N2+2. The molecule has 0 aliphatic heterocycles. The van der Waals surface area contributed by atoms with Crippen molar-refractivity contribution >= 4 is 43.1 Å². The van der Waals surface area contributed by atoms with Crippen LogP contribution in [0.15, 0.2) is 134 Å². The molecule has 0 radical (unpaired) electrons. The Morgan fingerprint density at radius 1 is 0.385 bits per heavy atom. The number of aromatic nitrogens is 2. The molecule has 2 nitrogen and oxygen atoms in total. The van der Waals surface area contributed by atoms with Crippen LogP contribution in [0.4, 0.5) is 0 Å². The zero-order valence-electron chi connectivity index (χ0n) is 30.6. The normalized spacial score (nSPS) is 15.0. The van der Waals surface area contributed by atoms with E-state index >= 15 is 0 Å². The summed E-state index contributed by atoms with van der Waals surface area (Å²) in [5, 5.41) is 10.7. The standard InChI is InChI=1S/C50H40N2/c1-49(2)41-16-11-29-9-7-8-10-34(29)46(41)39-27-43-40(28-42(39)49)47-37-15-14-35-33(30-17-21-51(5)22-18-30)12-13-36-38(31-19-23-52(6)24-20-31)25-32(45(37)48(35)36)26-44(47)50(43,3)4/h7-28H,1-6H3/q+2. The Balaban J connectivity index is 1.24. The summed E-state index contributed by atoms with van der Waals surface area (Å²) in [6, 6.07) is 42.3. The summed E-state index contributed by atoms with van der Waals surface area (Å²) in [5.41, 5.74) is 16.1. The molecule has 0 N–H and O–H groups in total. The van der Waals surface area contributed by atoms with E-state index in [2.05, 4.69) is 185 Å². The highest BCUT2D eigenvalue weighted by molar-refractivity contribution is 6.31. The molecule has 2 aliphatic carbocycles. The smallest absolute Gasteiger partial charge is 0.169 e. The fourth-order valence-electron chi connectivity index (χ4n) is 10.0. The second-order valence-corrected chi connectivity index (χ2v) is 16.4. The Bertz CT molecular complexity index is 2990. The van der Waals surface area contributed by atoms with E-state index in [-0.39, 0.29) is 10.8 Å². The van der Waals surface area contributed by atoms with Crippen molar-refractivity contribution in [2.24, 2.45) is 14.1 Å². The first-order valence-corrected chi connectivity index (χ1v) is 18.5. The predicted octanol–water partition coefficient (Wildman–Crippen LogP) is 11.3. The molecule has 0 amide bonds. The molecule has 2 aromatic heterocycles. The lowest BCUT2D eigenvalue weighted by Crippen LogP contribution is -2.25. The molecule has 0 saturated heterocycles. The van der Waals surface area contributed by atoms with Crippen LogP contribution in [0.1, 0.15) is 49.9 Å². The van der Waals surface area contributed by atoms with Crippen LogP contribution in [-0.2, 0) is 24.9 Å². The van der Waals surface area contributed by atoms with E-state index in [0.29, 0.717) is 0 Å². The number of nitrogens with zero attached hydrogens (tertiary/aromatic N) is 2. The Labute approximate surface area is 304 Å². The monoisotopic (exact) mass is 668 g/mol. The van der Waals surface area contributed by atoms with E-state index < -0.39 is 0 Å². The first kappa shape index (κ1) is 29.8. The fourth-order valence-corrected chi connectivity index (χ4v) is 10.0. The molecule has 2 aliphatic rings. The predicted molar refractivity (Wildman–Crippen MR) is 216 cm³/mol. The molecular weight excluding hydrogens is 629 g/mol. The van der Waals surface area contributed by atoms with E-state index in [0.717, 1.165) is 0 Å². The average Bonchev–Trinajstić information content (AvgIpc) is 3.52. The molecule has 0 saturated carbocycles. The van der Waals surface area contributed by atoms with E-state index in [1.165, 1.54) is 110 Å². The van der Waals surface area contributed by atoms with Gasteiger partial charge < -0.3 is 0 Å². The minimum atomic E-state index is -0.160. The minimum absolute atomic E-state index is 0.0944. The molecule has 2 heterocycles. The molecule has 0 spiro atoms. The largest absolute Gasteiger partial charge is 0.208 e. The molecule has 0 unspecified atom stereocenters. The molecule has 2 heteroatoms. The van der Waals surface area contributed by atoms with Crippen molar-refractivity contribution in [3.63, 3.8) is 0 Å². The maximum Gasteiger partial charge on any atom is 0.169 e. The van der Waals surface area contributed by atoms with Crippen LogP contribution in [0.5, 0.6) is 0 Å². The van der Waals surface area contributed by atoms with Crippen molar-refractivity contribution in [3.05, 3.63) is 156 Å². The number of pyridine rings is 2. The topological polar surface area (TPSA) is 7.76 Å². The summed E-state index contributed by atoms with van der Waals surface area (Å²) in [6.45, 7) is 9.72. The van der Waals surface area contributed by atoms with Crippen LogP contribution in [0.2, 0.25) is 0 Å². The van der Waals surface area contributed by atoms with E-state index in [9.17, 15) is 0 Å². The number of fused-ring (bicyclic) bond motifs is 9. The SMILES string of the molecule is C[n+]1ccc(-c2ccc3c(-c4cc[n+](C)cc4)cc4cc5c(c6ccc2c3c46)-c2cc3c(cc2C5(C)C)-c2c(ccc4ccccc24)C3(C)C)cc1. The zero-order chi connectivity index (χ0) is 35.3. The molecule has 7 aromatic carbocycles. The number of hydrogen-bond acceptors (Lipinski definition) is 0. The van der Waals surface area contributed by atoms with Gasteiger partial charge in [-0.25, -0.2) is 9.13 Å². The lowest BCUT2D eigenvalue weighted by atomic mass is 9.78. The van der Waals surface area contributed by atoms with Crippen molar-refractivity contribution in [2.75, 3.05) is 0 Å². The quantitative estimate of drug-likeness (QED) is 0.128. The van der Waals surface area contributed by atoms with Crippen molar-refractivity contribution in [3.8, 4) is 44.5 Å². The van der Waals surface area contributed by atoms with E-state index in [1.807, 2.05) is 0 Å². The molecule has 9 aromatic rings. The molecule has 0 bridgehead atoms. The summed E-state index contributed by atoms with van der Waals surface area (Å²) >= 11 is 0. The molecule has 0 fully saturated rings. The van der Waals surface area contributed by atoms with Gasteiger partial charge in [0.25, 0.3) is 0 Å². The number of aryl methyl sites for hydroxylation is 2. The van der Waals surface area contributed by atoms with Gasteiger partial charge in [0.15, 0.2) is 24.8 Å². The van der Waals surface area contributed by atoms with Gasteiger partial charge in [0.1, 0.15) is 14.1 Å². The third-order valence-corrected chi connectivity index (χ3v) is 12.8. The van der Waals surface area contributed by atoms with Crippen LogP contribution >= 0.6 is 0 Å². The van der Waals surface area contributed by atoms with Gasteiger partial charge in [0.05, 0.1) is 0 Å². The lowest BCUT2D eigenvalue weighted by molar-refractivity contribution is -0.671. The maximum absolute atomic E-state index is 2.58. The Kier molecular flexibility index (Phi) is 5.69. The van der Waals surface area contributed by atoms with Crippen LogP contribution in [0, 0.1) is 0 Å². The first-order chi connectivity index (χ1) is 25.1. The van der Waals surface area contributed by atoms with Gasteiger partial charge in [-0.3, -0.25) is 0 Å². The Hall–Kier alpha value is -5.86. The summed E-state index contributed by atoms with van der Waals surface area (Å²) < 4.78 is 4.22. The molecule has 11 rings (SSSR count). The van der Waals surface area contributed by atoms with Gasteiger partial charge in [-0.05, 0) is 134 Å². The van der Waals surface area contributed by atoms with Crippen molar-refractivity contribution < 1.29 is 9.13 Å². The molecule has 0 atom stereocenters. The third-order valence-electron chi connectivity index (χ3n) is 12.8. The van der Waals surface area contributed by atoms with Crippen LogP contribution in [-0.4, -0.2) is 0 Å². The van der Waals surface area contributed by atoms with Gasteiger partial charge in [0.2, 0.25) is 0 Å². The lowest BCUT2D eigenvalue weighted by Gasteiger charge is -2.24. The Morgan fingerprint density at radius 3 is 1.63 bits per heavy atom. The van der Waals surface area contributed by atoms with E-state index in [1.54, 1.807) is 0 Å². The second-order valence-electron chi connectivity index (χ2n) is 16.4. The number of hydrogen-bond donors (Lipinski definition) is 0. The second kappa shape index (κ2) is 9.92. The van der Waals surface area contributed by atoms with Gasteiger partial charge in [0, 0.05) is 35.1 Å². The van der Waals surface area contributed by atoms with Gasteiger partial charge in [-0.2, -0.15) is 0 Å². The van der Waals surface area contributed by atoms with Crippen LogP contribution in [0.25, 0.3) is 87.6 Å². The van der Waals surface area contributed by atoms with Crippen LogP contribution in [0.3, 0.4) is 0 Å². The summed E-state index contributed by atoms with van der Waals surface area (Å²) in [5.74, 6) is 0. The first-order valence-electron chi connectivity index (χ1n) is 18.5. The van der Waals surface area contributed by atoms with Gasteiger partial charge >= 0.3 is 0 Å². The van der Waals surface area contributed by atoms with Gasteiger partial charge in [-0.15, -0.1) is 0 Å². The van der Waals surface area contributed by atoms with Crippen molar-refractivity contribution in [1.29, 1.82) is 0 Å². The summed E-state index contributed by atoms with van der Waals surface area (Å²) in [7, 11) is 4.17. The zero-order valence-corrected chi connectivity index (χ0v) is 30.6. The molecule has 248 valence electrons. The highest BCUT2D eigenvalue weighted by Gasteiger charge is 2.43. The van der Waals surface area contributed by atoms with Crippen molar-refractivity contribution in [2.45, 2.75) is 38.5 Å². The van der Waals surface area contributed by atoms with Crippen molar-refractivity contribution in [1.82, 2.24) is 0 Å². The summed E-state index contributed by atoms with van der Waals surface area (Å²) in [4.78, 5) is 0. The third kappa shape index (κ3) is 3.74.